The van der Waals surface area contributed by atoms with E-state index in [4.69, 9.17) is 5.11 Å². The summed E-state index contributed by atoms with van der Waals surface area (Å²) in [5, 5.41) is 17.5. The van der Waals surface area contributed by atoms with Crippen molar-refractivity contribution in [2.75, 3.05) is 0 Å². The van der Waals surface area contributed by atoms with Crippen LogP contribution in [-0.2, 0) is 13.7 Å². The second-order valence-electron chi connectivity index (χ2n) is 5.71. The van der Waals surface area contributed by atoms with Crippen LogP contribution in [0.3, 0.4) is 0 Å². The molecule has 1 heterocycles. The Hall–Kier alpha value is -0.900. The molecule has 1 N–H and O–H groups in total. The third-order valence-corrected chi connectivity index (χ3v) is 5.17. The van der Waals surface area contributed by atoms with Crippen LogP contribution in [0.2, 0.25) is 0 Å². The summed E-state index contributed by atoms with van der Waals surface area (Å²) in [5.74, 6) is 6.21. The van der Waals surface area contributed by atoms with Crippen molar-refractivity contribution in [1.82, 2.24) is 14.8 Å². The minimum Gasteiger partial charge on any atom is -0.388 e. The fourth-order valence-electron chi connectivity index (χ4n) is 4.47. The molecule has 3 fully saturated rings. The summed E-state index contributed by atoms with van der Waals surface area (Å²) >= 11 is 0. The predicted molar refractivity (Wildman–Crippen MR) is 57.5 cm³/mol. The van der Waals surface area contributed by atoms with Crippen LogP contribution in [-0.4, -0.2) is 19.9 Å². The van der Waals surface area contributed by atoms with E-state index in [9.17, 15) is 0 Å². The molecule has 16 heavy (non-hydrogen) atoms. The third kappa shape index (κ3) is 0.943. The maximum absolute atomic E-state index is 9.13. The van der Waals surface area contributed by atoms with Gasteiger partial charge in [-0.3, -0.25) is 0 Å². The molecule has 2 bridgehead atoms. The van der Waals surface area contributed by atoms with Crippen molar-refractivity contribution < 1.29 is 5.11 Å². The lowest BCUT2D eigenvalue weighted by atomic mass is 10.0. The lowest BCUT2D eigenvalue weighted by molar-refractivity contribution is 0.266. The lowest BCUT2D eigenvalue weighted by Gasteiger charge is -2.08. The molecule has 4 atom stereocenters. The molecule has 1 aromatic rings. The quantitative estimate of drug-likeness (QED) is 0.809. The molecule has 3 aliphatic rings. The zero-order valence-corrected chi connectivity index (χ0v) is 9.50. The first kappa shape index (κ1) is 9.16. The van der Waals surface area contributed by atoms with Crippen LogP contribution in [0.25, 0.3) is 0 Å². The zero-order chi connectivity index (χ0) is 10.9. The van der Waals surface area contributed by atoms with Gasteiger partial charge >= 0.3 is 0 Å². The van der Waals surface area contributed by atoms with E-state index in [0.29, 0.717) is 11.7 Å². The normalized spacial score (nSPS) is 43.8. The first-order valence-corrected chi connectivity index (χ1v) is 6.30. The van der Waals surface area contributed by atoms with Gasteiger partial charge < -0.3 is 9.67 Å². The van der Waals surface area contributed by atoms with Gasteiger partial charge in [-0.05, 0) is 42.9 Å². The van der Waals surface area contributed by atoms with Crippen LogP contribution in [0.5, 0.6) is 0 Å². The van der Waals surface area contributed by atoms with Crippen molar-refractivity contribution in [2.45, 2.75) is 31.8 Å². The first-order chi connectivity index (χ1) is 7.81. The number of aliphatic hydroxyl groups excluding tert-OH is 1. The fourth-order valence-corrected chi connectivity index (χ4v) is 4.47. The average molecular weight is 219 g/mol. The molecule has 0 amide bonds. The molecule has 0 aromatic carbocycles. The highest BCUT2D eigenvalue weighted by Gasteiger charge is 2.66. The van der Waals surface area contributed by atoms with Crippen LogP contribution >= 0.6 is 0 Å². The van der Waals surface area contributed by atoms with Gasteiger partial charge in [0.15, 0.2) is 5.82 Å². The number of nitrogens with zero attached hydrogens (tertiary/aromatic N) is 3. The van der Waals surface area contributed by atoms with Gasteiger partial charge in [-0.25, -0.2) is 0 Å². The Balaban J connectivity index is 1.66. The highest BCUT2D eigenvalue weighted by Crippen LogP contribution is 2.72. The summed E-state index contributed by atoms with van der Waals surface area (Å²) in [6.45, 7) is -0.00158. The molecule has 0 spiro atoms. The van der Waals surface area contributed by atoms with Crippen LogP contribution in [0.15, 0.2) is 0 Å². The lowest BCUT2D eigenvalue weighted by Crippen LogP contribution is -2.05. The SMILES string of the molecule is Cn1c(CO)nnc1C1C2C3CCC(C3)C12. The Bertz CT molecular complexity index is 425. The maximum atomic E-state index is 9.13. The number of fused-ring (bicyclic) bond motifs is 5. The standard InChI is InChI=1S/C12H17N3O/c1-15-8(5-16)13-14-12(15)11-9-6-2-3-7(4-6)10(9)11/h6-7,9-11,16H,2-5H2,1H3. The van der Waals surface area contributed by atoms with Crippen molar-refractivity contribution in [1.29, 1.82) is 0 Å². The van der Waals surface area contributed by atoms with Crippen molar-refractivity contribution >= 4 is 0 Å². The van der Waals surface area contributed by atoms with Crippen molar-refractivity contribution in [3.05, 3.63) is 11.6 Å². The minimum absolute atomic E-state index is 0.00158. The van der Waals surface area contributed by atoms with Gasteiger partial charge in [-0.1, -0.05) is 0 Å². The van der Waals surface area contributed by atoms with Crippen molar-refractivity contribution in [2.24, 2.45) is 30.7 Å². The van der Waals surface area contributed by atoms with Crippen LogP contribution < -0.4 is 0 Å². The summed E-state index contributed by atoms with van der Waals surface area (Å²) in [6.07, 6.45) is 4.34. The Morgan fingerprint density at radius 2 is 1.94 bits per heavy atom. The van der Waals surface area contributed by atoms with E-state index < -0.39 is 0 Å². The van der Waals surface area contributed by atoms with E-state index in [1.54, 1.807) is 0 Å². The van der Waals surface area contributed by atoms with Crippen LogP contribution in [0.1, 0.15) is 36.8 Å². The Morgan fingerprint density at radius 3 is 2.50 bits per heavy atom. The minimum atomic E-state index is -0.00158. The maximum Gasteiger partial charge on any atom is 0.158 e. The molecule has 4 nitrogen and oxygen atoms in total. The number of rotatable bonds is 2. The highest BCUT2D eigenvalue weighted by molar-refractivity contribution is 5.24. The van der Waals surface area contributed by atoms with Crippen LogP contribution in [0, 0.1) is 23.7 Å². The number of aromatic nitrogens is 3. The fraction of sp³-hybridized carbons (Fsp3) is 0.833. The molecule has 4 heteroatoms. The van der Waals surface area contributed by atoms with E-state index in [1.807, 2.05) is 11.6 Å². The van der Waals surface area contributed by atoms with E-state index in [2.05, 4.69) is 10.2 Å². The molecular formula is C12H17N3O. The molecule has 3 aliphatic carbocycles. The van der Waals surface area contributed by atoms with Crippen LogP contribution in [0.4, 0.5) is 0 Å². The van der Waals surface area contributed by atoms with Gasteiger partial charge in [0.2, 0.25) is 0 Å². The summed E-state index contributed by atoms with van der Waals surface area (Å²) in [4.78, 5) is 0. The predicted octanol–water partition coefficient (Wildman–Crippen LogP) is 1.07. The van der Waals surface area contributed by atoms with Gasteiger partial charge in [-0.2, -0.15) is 0 Å². The number of hydrogen-bond acceptors (Lipinski definition) is 3. The summed E-state index contributed by atoms with van der Waals surface area (Å²) in [7, 11) is 1.98. The number of hydrogen-bond donors (Lipinski definition) is 1. The molecule has 4 rings (SSSR count). The zero-order valence-electron chi connectivity index (χ0n) is 9.50. The molecule has 3 saturated carbocycles. The molecule has 86 valence electrons. The highest BCUT2D eigenvalue weighted by atomic mass is 16.3. The van der Waals surface area contributed by atoms with Crippen molar-refractivity contribution in [3.8, 4) is 0 Å². The van der Waals surface area contributed by atoms with Gasteiger partial charge in [0.25, 0.3) is 0 Å². The smallest absolute Gasteiger partial charge is 0.158 e. The summed E-state index contributed by atoms with van der Waals surface area (Å²) < 4.78 is 2.00. The molecule has 4 unspecified atom stereocenters. The average Bonchev–Trinajstić information content (AvgIpc) is 2.68. The van der Waals surface area contributed by atoms with Gasteiger partial charge in [0.05, 0.1) is 0 Å². The third-order valence-electron chi connectivity index (χ3n) is 5.17. The van der Waals surface area contributed by atoms with Crippen molar-refractivity contribution in [3.63, 3.8) is 0 Å². The number of aliphatic hydroxyl groups is 1. The Labute approximate surface area is 94.7 Å². The molecule has 0 radical (unpaired) electrons. The molecule has 0 saturated heterocycles. The van der Waals surface area contributed by atoms with E-state index in [1.165, 1.54) is 19.3 Å². The first-order valence-electron chi connectivity index (χ1n) is 6.30. The molecular weight excluding hydrogens is 202 g/mol. The van der Waals surface area contributed by atoms with E-state index in [0.717, 1.165) is 29.5 Å². The Morgan fingerprint density at radius 1 is 1.25 bits per heavy atom. The largest absolute Gasteiger partial charge is 0.388 e. The summed E-state index contributed by atoms with van der Waals surface area (Å²) in [6, 6.07) is 0. The van der Waals surface area contributed by atoms with Gasteiger partial charge in [0, 0.05) is 13.0 Å². The van der Waals surface area contributed by atoms with E-state index >= 15 is 0 Å². The van der Waals surface area contributed by atoms with Gasteiger partial charge in [-0.15, -0.1) is 10.2 Å². The van der Waals surface area contributed by atoms with E-state index in [-0.39, 0.29) is 6.61 Å². The second-order valence-corrected chi connectivity index (χ2v) is 5.71. The second kappa shape index (κ2) is 2.86. The molecule has 0 aliphatic heterocycles. The van der Waals surface area contributed by atoms with Gasteiger partial charge in [0.1, 0.15) is 12.4 Å². The Kier molecular flexibility index (Phi) is 1.64. The molecule has 1 aromatic heterocycles. The topological polar surface area (TPSA) is 50.9 Å². The summed E-state index contributed by atoms with van der Waals surface area (Å²) in [5.41, 5.74) is 0. The monoisotopic (exact) mass is 219 g/mol.